The molecule has 2 aromatic rings. The van der Waals surface area contributed by atoms with Gasteiger partial charge in [-0.15, -0.1) is 0 Å². The van der Waals surface area contributed by atoms with Crippen LogP contribution in [-0.2, 0) is 11.2 Å². The minimum atomic E-state index is -0.297. The largest absolute Gasteiger partial charge is 0.492 e. The zero-order chi connectivity index (χ0) is 18.2. The average Bonchev–Trinajstić information content (AvgIpc) is 2.53. The third kappa shape index (κ3) is 3.53. The van der Waals surface area contributed by atoms with E-state index in [0.29, 0.717) is 29.5 Å². The number of ether oxygens (including phenoxy) is 2. The van der Waals surface area contributed by atoms with Crippen molar-refractivity contribution in [1.82, 2.24) is 4.98 Å². The highest BCUT2D eigenvalue weighted by Crippen LogP contribution is 2.40. The van der Waals surface area contributed by atoms with Gasteiger partial charge in [-0.1, -0.05) is 18.7 Å². The van der Waals surface area contributed by atoms with Crippen LogP contribution in [0.3, 0.4) is 0 Å². The maximum absolute atomic E-state index is 14.6. The molecule has 0 fully saturated rings. The van der Waals surface area contributed by atoms with Gasteiger partial charge in [0.15, 0.2) is 0 Å². The number of aromatic nitrogens is 1. The van der Waals surface area contributed by atoms with Crippen LogP contribution in [0.15, 0.2) is 30.8 Å². The molecule has 0 saturated heterocycles. The number of hydrogen-bond donors (Lipinski definition) is 0. The fourth-order valence-electron chi connectivity index (χ4n) is 3.08. The van der Waals surface area contributed by atoms with Gasteiger partial charge < -0.3 is 9.47 Å². The van der Waals surface area contributed by atoms with Gasteiger partial charge in [-0.2, -0.15) is 0 Å². The summed E-state index contributed by atoms with van der Waals surface area (Å²) in [7, 11) is 0. The molecule has 1 aromatic carbocycles. The summed E-state index contributed by atoms with van der Waals surface area (Å²) in [5, 5.41) is 0. The van der Waals surface area contributed by atoms with Crippen molar-refractivity contribution in [2.75, 3.05) is 6.61 Å². The molecule has 0 atom stereocenters. The van der Waals surface area contributed by atoms with E-state index in [4.69, 9.17) is 9.47 Å². The Morgan fingerprint density at radius 3 is 2.76 bits per heavy atom. The third-order valence-electron chi connectivity index (χ3n) is 4.46. The molecule has 4 heteroatoms. The highest BCUT2D eigenvalue weighted by Gasteiger charge is 2.31. The van der Waals surface area contributed by atoms with Gasteiger partial charge in [0.1, 0.15) is 22.9 Å². The van der Waals surface area contributed by atoms with Crippen LogP contribution in [0.2, 0.25) is 0 Å². The van der Waals surface area contributed by atoms with Gasteiger partial charge in [0, 0.05) is 11.1 Å². The van der Waals surface area contributed by atoms with Gasteiger partial charge in [0.05, 0.1) is 6.61 Å². The summed E-state index contributed by atoms with van der Waals surface area (Å²) in [5.74, 6) is 0.766. The van der Waals surface area contributed by atoms with E-state index in [0.717, 1.165) is 29.5 Å². The summed E-state index contributed by atoms with van der Waals surface area (Å²) in [6, 6.07) is 7.13. The molecule has 0 radical (unpaired) electrons. The number of benzene rings is 1. The number of pyridine rings is 1. The van der Waals surface area contributed by atoms with Gasteiger partial charge >= 0.3 is 0 Å². The molecule has 3 rings (SSSR count). The van der Waals surface area contributed by atoms with E-state index in [2.05, 4.69) is 11.6 Å². The second-order valence-corrected chi connectivity index (χ2v) is 7.04. The maximum Gasteiger partial charge on any atom is 0.218 e. The van der Waals surface area contributed by atoms with Crippen LogP contribution in [0.25, 0.3) is 16.9 Å². The van der Waals surface area contributed by atoms with Gasteiger partial charge in [-0.25, -0.2) is 9.37 Å². The first-order chi connectivity index (χ1) is 11.8. The Bertz CT molecular complexity index is 827. The van der Waals surface area contributed by atoms with E-state index in [1.807, 2.05) is 45.9 Å². The summed E-state index contributed by atoms with van der Waals surface area (Å²) in [4.78, 5) is 4.59. The SMILES string of the molecule is C=C(OCC)c1cc(-c2ccc(C)cc2F)c2c(n1)OC(C)(C)CC2. The molecule has 1 aromatic heterocycles. The molecule has 0 N–H and O–H groups in total. The Hall–Kier alpha value is -2.36. The van der Waals surface area contributed by atoms with Gasteiger partial charge in [-0.3, -0.25) is 0 Å². The van der Waals surface area contributed by atoms with E-state index < -0.39 is 0 Å². The van der Waals surface area contributed by atoms with E-state index in [9.17, 15) is 4.39 Å². The Morgan fingerprint density at radius 1 is 1.32 bits per heavy atom. The summed E-state index contributed by atoms with van der Waals surface area (Å²) in [6.45, 7) is 12.3. The Labute approximate surface area is 148 Å². The predicted molar refractivity (Wildman–Crippen MR) is 98.1 cm³/mol. The molecule has 0 bridgehead atoms. The van der Waals surface area contributed by atoms with Crippen LogP contribution in [0, 0.1) is 12.7 Å². The Balaban J connectivity index is 2.19. The van der Waals surface area contributed by atoms with Crippen molar-refractivity contribution in [2.45, 2.75) is 46.1 Å². The molecule has 132 valence electrons. The molecule has 1 aliphatic heterocycles. The van der Waals surface area contributed by atoms with Crippen LogP contribution in [0.4, 0.5) is 4.39 Å². The van der Waals surface area contributed by atoms with Crippen LogP contribution in [0.5, 0.6) is 5.88 Å². The topological polar surface area (TPSA) is 31.4 Å². The zero-order valence-electron chi connectivity index (χ0n) is 15.3. The second kappa shape index (κ2) is 6.51. The zero-order valence-corrected chi connectivity index (χ0v) is 15.3. The van der Waals surface area contributed by atoms with Gasteiger partial charge in [0.2, 0.25) is 5.88 Å². The van der Waals surface area contributed by atoms with E-state index in [-0.39, 0.29) is 11.4 Å². The first-order valence-electron chi connectivity index (χ1n) is 8.62. The van der Waals surface area contributed by atoms with E-state index in [1.54, 1.807) is 6.07 Å². The number of fused-ring (bicyclic) bond motifs is 1. The molecule has 25 heavy (non-hydrogen) atoms. The van der Waals surface area contributed by atoms with Crippen molar-refractivity contribution in [2.24, 2.45) is 0 Å². The van der Waals surface area contributed by atoms with Crippen molar-refractivity contribution in [3.63, 3.8) is 0 Å². The summed E-state index contributed by atoms with van der Waals surface area (Å²) in [5.41, 5.74) is 3.46. The van der Waals surface area contributed by atoms with Crippen LogP contribution in [-0.4, -0.2) is 17.2 Å². The lowest BCUT2D eigenvalue weighted by Crippen LogP contribution is -2.33. The molecule has 1 aliphatic rings. The Morgan fingerprint density at radius 2 is 2.08 bits per heavy atom. The molecule has 0 saturated carbocycles. The lowest BCUT2D eigenvalue weighted by molar-refractivity contribution is 0.0783. The molecule has 2 heterocycles. The molecular weight excluding hydrogens is 317 g/mol. The number of hydrogen-bond acceptors (Lipinski definition) is 3. The summed E-state index contributed by atoms with van der Waals surface area (Å²) < 4.78 is 26.2. The van der Waals surface area contributed by atoms with Gasteiger partial charge in [-0.05, 0) is 63.8 Å². The smallest absolute Gasteiger partial charge is 0.218 e. The predicted octanol–water partition coefficient (Wildman–Crippen LogP) is 5.31. The molecule has 0 amide bonds. The molecule has 3 nitrogen and oxygen atoms in total. The first-order valence-corrected chi connectivity index (χ1v) is 8.62. The van der Waals surface area contributed by atoms with Crippen molar-refractivity contribution in [3.05, 3.63) is 53.5 Å². The monoisotopic (exact) mass is 341 g/mol. The third-order valence-corrected chi connectivity index (χ3v) is 4.46. The van der Waals surface area contributed by atoms with Crippen molar-refractivity contribution in [3.8, 4) is 17.0 Å². The second-order valence-electron chi connectivity index (χ2n) is 7.04. The lowest BCUT2D eigenvalue weighted by Gasteiger charge is -2.33. The molecule has 0 spiro atoms. The number of rotatable bonds is 4. The lowest BCUT2D eigenvalue weighted by atomic mass is 9.90. The van der Waals surface area contributed by atoms with Crippen LogP contribution < -0.4 is 4.74 Å². The summed E-state index contributed by atoms with van der Waals surface area (Å²) in [6.07, 6.45) is 1.65. The normalized spacial score (nSPS) is 15.2. The Kier molecular flexibility index (Phi) is 4.55. The van der Waals surface area contributed by atoms with Crippen molar-refractivity contribution in [1.29, 1.82) is 0 Å². The van der Waals surface area contributed by atoms with Crippen molar-refractivity contribution >= 4 is 5.76 Å². The minimum Gasteiger partial charge on any atom is -0.492 e. The number of halogens is 1. The standard InChI is InChI=1S/C21H24FNO2/c1-6-24-14(3)19-12-17(15-8-7-13(2)11-18(15)22)16-9-10-21(4,5)25-20(16)23-19/h7-8,11-12H,3,6,9-10H2,1-2,4-5H3. The molecule has 0 unspecified atom stereocenters. The highest BCUT2D eigenvalue weighted by atomic mass is 19.1. The first kappa shape index (κ1) is 17.5. The fourth-order valence-corrected chi connectivity index (χ4v) is 3.08. The van der Waals surface area contributed by atoms with E-state index in [1.165, 1.54) is 0 Å². The van der Waals surface area contributed by atoms with Gasteiger partial charge in [0.25, 0.3) is 0 Å². The maximum atomic E-state index is 14.6. The highest BCUT2D eigenvalue weighted by molar-refractivity contribution is 5.74. The molecule has 0 aliphatic carbocycles. The quantitative estimate of drug-likeness (QED) is 0.707. The van der Waals surface area contributed by atoms with E-state index >= 15 is 0 Å². The van der Waals surface area contributed by atoms with Crippen LogP contribution in [0.1, 0.15) is 44.0 Å². The summed E-state index contributed by atoms with van der Waals surface area (Å²) >= 11 is 0. The minimum absolute atomic E-state index is 0.244. The fraction of sp³-hybridized carbons (Fsp3) is 0.381. The number of aryl methyl sites for hydroxylation is 1. The molecular formula is C21H24FNO2. The van der Waals surface area contributed by atoms with Crippen LogP contribution >= 0.6 is 0 Å². The average molecular weight is 341 g/mol. The van der Waals surface area contributed by atoms with Crippen molar-refractivity contribution < 1.29 is 13.9 Å². The number of nitrogens with zero attached hydrogens (tertiary/aromatic N) is 1.